The van der Waals surface area contributed by atoms with Crippen LogP contribution in [0.25, 0.3) is 0 Å². The molecule has 1 fully saturated rings. The SMILES string of the molecule is CCc1cnc(N2CCC(Oc3cc(N4CCc5cc(C(=O)N(CCOC)CCOC)ccc54)ncn3)CC2)nc1. The van der Waals surface area contributed by atoms with Gasteiger partial charge in [-0.1, -0.05) is 6.92 Å². The van der Waals surface area contributed by atoms with Crippen molar-refractivity contribution in [3.8, 4) is 5.88 Å². The monoisotopic (exact) mass is 561 g/mol. The van der Waals surface area contributed by atoms with Crippen LogP contribution in [0.3, 0.4) is 0 Å². The van der Waals surface area contributed by atoms with Crippen LogP contribution in [0.1, 0.15) is 41.3 Å². The van der Waals surface area contributed by atoms with Gasteiger partial charge in [-0.2, -0.15) is 0 Å². The summed E-state index contributed by atoms with van der Waals surface area (Å²) in [5, 5.41) is 0. The molecule has 0 radical (unpaired) electrons. The Kier molecular flexibility index (Phi) is 9.58. The van der Waals surface area contributed by atoms with Gasteiger partial charge in [0.15, 0.2) is 0 Å². The molecule has 1 aromatic carbocycles. The van der Waals surface area contributed by atoms with Gasteiger partial charge in [-0.25, -0.2) is 19.9 Å². The van der Waals surface area contributed by atoms with Gasteiger partial charge in [-0.05, 0) is 42.2 Å². The second-order valence-corrected chi connectivity index (χ2v) is 10.3. The van der Waals surface area contributed by atoms with Crippen LogP contribution in [-0.2, 0) is 22.3 Å². The molecule has 2 aliphatic heterocycles. The summed E-state index contributed by atoms with van der Waals surface area (Å²) in [5.74, 6) is 2.12. The van der Waals surface area contributed by atoms with Crippen molar-refractivity contribution in [3.63, 3.8) is 0 Å². The molecule has 4 heterocycles. The van der Waals surface area contributed by atoms with Gasteiger partial charge in [-0.15, -0.1) is 0 Å². The quantitative estimate of drug-likeness (QED) is 0.327. The number of aromatic nitrogens is 4. The number of hydrogen-bond acceptors (Lipinski definition) is 10. The Labute approximate surface area is 241 Å². The molecule has 3 aromatic rings. The van der Waals surface area contributed by atoms with Crippen LogP contribution in [0.15, 0.2) is 43.0 Å². The number of hydrogen-bond donors (Lipinski definition) is 0. The number of rotatable bonds is 12. The largest absolute Gasteiger partial charge is 0.474 e. The minimum absolute atomic E-state index is 0.0198. The molecule has 0 bridgehead atoms. The molecule has 218 valence electrons. The van der Waals surface area contributed by atoms with E-state index in [9.17, 15) is 4.79 Å². The van der Waals surface area contributed by atoms with E-state index in [4.69, 9.17) is 14.2 Å². The molecule has 41 heavy (non-hydrogen) atoms. The summed E-state index contributed by atoms with van der Waals surface area (Å²) in [6.07, 6.45) is 8.94. The Morgan fingerprint density at radius 2 is 1.71 bits per heavy atom. The molecule has 1 saturated heterocycles. The number of nitrogens with zero attached hydrogens (tertiary/aromatic N) is 7. The highest BCUT2D eigenvalue weighted by Gasteiger charge is 2.26. The molecule has 2 aliphatic rings. The van der Waals surface area contributed by atoms with Crippen molar-refractivity contribution < 1.29 is 19.0 Å². The lowest BCUT2D eigenvalue weighted by Gasteiger charge is -2.32. The Hall–Kier alpha value is -3.83. The Bertz CT molecular complexity index is 1290. The Morgan fingerprint density at radius 3 is 2.39 bits per heavy atom. The number of aryl methyl sites for hydroxylation is 1. The van der Waals surface area contributed by atoms with Crippen molar-refractivity contribution in [2.45, 2.75) is 38.7 Å². The lowest BCUT2D eigenvalue weighted by Crippen LogP contribution is -2.39. The first kappa shape index (κ1) is 28.7. The summed E-state index contributed by atoms with van der Waals surface area (Å²) in [5.41, 5.74) is 3.98. The van der Waals surface area contributed by atoms with E-state index in [-0.39, 0.29) is 12.0 Å². The maximum absolute atomic E-state index is 13.2. The molecule has 11 heteroatoms. The maximum Gasteiger partial charge on any atom is 0.254 e. The van der Waals surface area contributed by atoms with Crippen molar-refractivity contribution in [2.75, 3.05) is 70.0 Å². The number of carbonyl (C=O) groups is 1. The highest BCUT2D eigenvalue weighted by molar-refractivity contribution is 5.95. The van der Waals surface area contributed by atoms with Crippen LogP contribution in [0, 0.1) is 0 Å². The molecule has 11 nitrogen and oxygen atoms in total. The summed E-state index contributed by atoms with van der Waals surface area (Å²) in [4.78, 5) is 37.3. The first-order valence-corrected chi connectivity index (χ1v) is 14.3. The van der Waals surface area contributed by atoms with E-state index in [0.717, 1.165) is 73.9 Å². The Balaban J connectivity index is 1.21. The summed E-state index contributed by atoms with van der Waals surface area (Å²) in [6.45, 7) is 6.54. The van der Waals surface area contributed by atoms with Crippen LogP contribution in [-0.4, -0.2) is 97.0 Å². The van der Waals surface area contributed by atoms with Gasteiger partial charge in [0.2, 0.25) is 11.8 Å². The van der Waals surface area contributed by atoms with Gasteiger partial charge in [0.1, 0.15) is 18.2 Å². The van der Waals surface area contributed by atoms with Gasteiger partial charge in [0.25, 0.3) is 5.91 Å². The van der Waals surface area contributed by atoms with E-state index in [1.165, 1.54) is 0 Å². The van der Waals surface area contributed by atoms with Crippen molar-refractivity contribution >= 4 is 23.4 Å². The molecular formula is C30H39N7O4. The van der Waals surface area contributed by atoms with Gasteiger partial charge >= 0.3 is 0 Å². The average molecular weight is 562 g/mol. The standard InChI is InChI=1S/C30H39N7O4/c1-4-22-19-31-30(32-20-22)36-10-8-25(9-11-36)41-28-18-27(33-21-34-28)37-12-7-23-17-24(5-6-26(23)37)29(38)35(13-15-39-2)14-16-40-3/h5-6,17-21,25H,4,7-16H2,1-3H3. The average Bonchev–Trinajstić information content (AvgIpc) is 3.45. The van der Waals surface area contributed by atoms with Crippen molar-refractivity contribution in [2.24, 2.45) is 0 Å². The second-order valence-electron chi connectivity index (χ2n) is 10.3. The molecule has 0 N–H and O–H groups in total. The number of benzene rings is 1. The molecule has 0 unspecified atom stereocenters. The molecular weight excluding hydrogens is 522 g/mol. The molecule has 0 spiro atoms. The third-order valence-electron chi connectivity index (χ3n) is 7.66. The van der Waals surface area contributed by atoms with E-state index in [1.54, 1.807) is 25.4 Å². The van der Waals surface area contributed by atoms with E-state index in [0.29, 0.717) is 37.7 Å². The fourth-order valence-corrected chi connectivity index (χ4v) is 5.25. The predicted molar refractivity (Wildman–Crippen MR) is 156 cm³/mol. The highest BCUT2D eigenvalue weighted by Crippen LogP contribution is 2.35. The number of ether oxygens (including phenoxy) is 3. The number of amides is 1. The maximum atomic E-state index is 13.2. The van der Waals surface area contributed by atoms with Crippen LogP contribution in [0.5, 0.6) is 5.88 Å². The minimum Gasteiger partial charge on any atom is -0.474 e. The van der Waals surface area contributed by atoms with Crippen LogP contribution >= 0.6 is 0 Å². The van der Waals surface area contributed by atoms with Crippen molar-refractivity contribution in [1.82, 2.24) is 24.8 Å². The van der Waals surface area contributed by atoms with E-state index < -0.39 is 0 Å². The zero-order valence-corrected chi connectivity index (χ0v) is 24.2. The van der Waals surface area contributed by atoms with Crippen molar-refractivity contribution in [3.05, 3.63) is 59.7 Å². The topological polar surface area (TPSA) is 106 Å². The molecule has 0 aliphatic carbocycles. The third-order valence-corrected chi connectivity index (χ3v) is 7.66. The lowest BCUT2D eigenvalue weighted by atomic mass is 10.1. The normalized spacial score (nSPS) is 15.2. The molecule has 2 aromatic heterocycles. The summed E-state index contributed by atoms with van der Waals surface area (Å²) < 4.78 is 16.7. The highest BCUT2D eigenvalue weighted by atomic mass is 16.5. The fourth-order valence-electron chi connectivity index (χ4n) is 5.25. The first-order chi connectivity index (χ1) is 20.1. The van der Waals surface area contributed by atoms with Gasteiger partial charge in [0.05, 0.1) is 13.2 Å². The number of carbonyl (C=O) groups excluding carboxylic acids is 1. The number of anilines is 3. The van der Waals surface area contributed by atoms with Crippen molar-refractivity contribution in [1.29, 1.82) is 0 Å². The van der Waals surface area contributed by atoms with Crippen LogP contribution in [0.2, 0.25) is 0 Å². The molecule has 5 rings (SSSR count). The lowest BCUT2D eigenvalue weighted by molar-refractivity contribution is 0.0627. The predicted octanol–water partition coefficient (Wildman–Crippen LogP) is 3.31. The molecule has 1 amide bonds. The third kappa shape index (κ3) is 6.91. The summed E-state index contributed by atoms with van der Waals surface area (Å²) >= 11 is 0. The zero-order chi connectivity index (χ0) is 28.6. The van der Waals surface area contributed by atoms with Crippen LogP contribution < -0.4 is 14.5 Å². The first-order valence-electron chi connectivity index (χ1n) is 14.3. The number of piperidine rings is 1. The molecule has 0 atom stereocenters. The van der Waals surface area contributed by atoms with E-state index in [1.807, 2.05) is 36.7 Å². The van der Waals surface area contributed by atoms with Gasteiger partial charge in [0, 0.05) is 89.5 Å². The van der Waals surface area contributed by atoms with Gasteiger partial charge < -0.3 is 28.9 Å². The molecule has 0 saturated carbocycles. The smallest absolute Gasteiger partial charge is 0.254 e. The Morgan fingerprint density at radius 1 is 0.976 bits per heavy atom. The van der Waals surface area contributed by atoms with Crippen LogP contribution in [0.4, 0.5) is 17.5 Å². The van der Waals surface area contributed by atoms with E-state index in [2.05, 4.69) is 36.7 Å². The summed E-state index contributed by atoms with van der Waals surface area (Å²) in [7, 11) is 3.27. The van der Waals surface area contributed by atoms with Gasteiger partial charge in [-0.3, -0.25) is 4.79 Å². The number of methoxy groups -OCH3 is 2. The minimum atomic E-state index is -0.0198. The van der Waals surface area contributed by atoms with E-state index >= 15 is 0 Å². The fraction of sp³-hybridized carbons (Fsp3) is 0.500. The summed E-state index contributed by atoms with van der Waals surface area (Å²) in [6, 6.07) is 7.80. The second kappa shape index (κ2) is 13.7. The number of fused-ring (bicyclic) bond motifs is 1. The zero-order valence-electron chi connectivity index (χ0n) is 24.2.